The van der Waals surface area contributed by atoms with E-state index in [1.54, 1.807) is 23.2 Å². The number of para-hydroxylation sites is 1. The molecule has 27 heavy (non-hydrogen) atoms. The summed E-state index contributed by atoms with van der Waals surface area (Å²) in [6, 6.07) is 11.6. The number of amides is 1. The maximum Gasteiger partial charge on any atom is 0.247 e. The minimum atomic E-state index is -0.597. The van der Waals surface area contributed by atoms with Crippen molar-refractivity contribution in [1.29, 1.82) is 0 Å². The number of hydrogen-bond acceptors (Lipinski definition) is 7. The van der Waals surface area contributed by atoms with Gasteiger partial charge in [-0.05, 0) is 30.9 Å². The topological polar surface area (TPSA) is 68.2 Å². The van der Waals surface area contributed by atoms with Crippen LogP contribution in [0.25, 0.3) is 11.3 Å². The minimum absolute atomic E-state index is 0.109. The number of anilines is 1. The molecule has 1 amide bonds. The fourth-order valence-corrected chi connectivity index (χ4v) is 4.42. The zero-order valence-electron chi connectivity index (χ0n) is 15.2. The second-order valence-corrected chi connectivity index (χ2v) is 8.56. The second kappa shape index (κ2) is 7.28. The van der Waals surface area contributed by atoms with Crippen LogP contribution < -0.4 is 9.64 Å². The number of carbonyl (C=O) groups excluding carboxylic acids is 1. The largest absolute Gasteiger partial charge is 0.446 e. The molecule has 0 bridgehead atoms. The highest BCUT2D eigenvalue weighted by molar-refractivity contribution is 7.99. The first-order valence-corrected chi connectivity index (χ1v) is 10.4. The molecule has 0 fully saturated rings. The van der Waals surface area contributed by atoms with Crippen LogP contribution in [0, 0.1) is 6.92 Å². The average Bonchev–Trinajstić information content (AvgIpc) is 3.02. The van der Waals surface area contributed by atoms with Crippen LogP contribution in [-0.2, 0) is 4.79 Å². The van der Waals surface area contributed by atoms with E-state index in [1.165, 1.54) is 11.8 Å². The zero-order chi connectivity index (χ0) is 19.0. The molecule has 2 aromatic heterocycles. The lowest BCUT2D eigenvalue weighted by Gasteiger charge is -2.28. The number of ether oxygens (including phenoxy) is 1. The van der Waals surface area contributed by atoms with Gasteiger partial charge in [-0.15, -0.1) is 21.5 Å². The summed E-state index contributed by atoms with van der Waals surface area (Å²) >= 11 is 3.10. The summed E-state index contributed by atoms with van der Waals surface area (Å²) in [5, 5.41) is 9.15. The summed E-state index contributed by atoms with van der Waals surface area (Å²) in [7, 11) is 0. The Labute approximate surface area is 165 Å². The maximum atomic E-state index is 12.6. The summed E-state index contributed by atoms with van der Waals surface area (Å²) in [6.07, 6.45) is -0.597. The number of aromatic nitrogens is 3. The van der Waals surface area contributed by atoms with E-state index in [9.17, 15) is 4.79 Å². The third-order valence-electron chi connectivity index (χ3n) is 4.13. The zero-order valence-corrected chi connectivity index (χ0v) is 16.8. The van der Waals surface area contributed by atoms with Crippen molar-refractivity contribution in [3.63, 3.8) is 0 Å². The highest BCUT2D eigenvalue weighted by Gasteiger charge is 2.35. The molecular formula is C19H18N4O2S2. The molecule has 1 atom stereocenters. The van der Waals surface area contributed by atoms with E-state index in [1.807, 2.05) is 50.2 Å². The van der Waals surface area contributed by atoms with Crippen molar-refractivity contribution in [1.82, 2.24) is 15.2 Å². The van der Waals surface area contributed by atoms with Gasteiger partial charge in [0.2, 0.25) is 23.2 Å². The Morgan fingerprint density at radius 1 is 1.26 bits per heavy atom. The fraction of sp³-hybridized carbons (Fsp3) is 0.263. The van der Waals surface area contributed by atoms with Crippen molar-refractivity contribution >= 4 is 34.7 Å². The number of aryl methyl sites for hydroxylation is 1. The van der Waals surface area contributed by atoms with E-state index in [0.29, 0.717) is 16.7 Å². The fourth-order valence-electron chi connectivity index (χ4n) is 3.01. The number of hydrogen-bond donors (Lipinski definition) is 0. The molecule has 0 aliphatic carbocycles. The predicted octanol–water partition coefficient (Wildman–Crippen LogP) is 4.46. The molecule has 0 N–H and O–H groups in total. The van der Waals surface area contributed by atoms with Crippen molar-refractivity contribution in [3.8, 4) is 17.1 Å². The first-order chi connectivity index (χ1) is 13.1. The van der Waals surface area contributed by atoms with Gasteiger partial charge in [-0.2, -0.15) is 4.98 Å². The third-order valence-corrected chi connectivity index (χ3v) is 5.88. The Kier molecular flexibility index (Phi) is 4.84. The van der Waals surface area contributed by atoms with Gasteiger partial charge in [0.05, 0.1) is 10.6 Å². The van der Waals surface area contributed by atoms with Gasteiger partial charge in [0.1, 0.15) is 0 Å². The molecule has 0 radical (unpaired) electrons. The van der Waals surface area contributed by atoms with Gasteiger partial charge in [-0.1, -0.05) is 36.9 Å². The van der Waals surface area contributed by atoms with Gasteiger partial charge < -0.3 is 4.74 Å². The molecule has 138 valence electrons. The van der Waals surface area contributed by atoms with Crippen LogP contribution in [0.2, 0.25) is 0 Å². The lowest BCUT2D eigenvalue weighted by molar-refractivity contribution is -0.118. The Morgan fingerprint density at radius 3 is 2.78 bits per heavy atom. The molecule has 1 aliphatic heterocycles. The lowest BCUT2D eigenvalue weighted by Crippen LogP contribution is -2.35. The molecular weight excluding hydrogens is 380 g/mol. The minimum Gasteiger partial charge on any atom is -0.446 e. The molecule has 4 rings (SSSR count). The number of benzene rings is 1. The van der Waals surface area contributed by atoms with Crippen LogP contribution in [0.1, 0.15) is 29.8 Å². The Balaban J connectivity index is 1.94. The SMILES string of the molecule is CCSc1nnc2c(n1)OC(c1ccc(C)s1)N(C(C)=O)c1ccccc1-2. The van der Waals surface area contributed by atoms with Crippen LogP contribution in [-0.4, -0.2) is 26.8 Å². The Bertz CT molecular complexity index is 1000. The number of rotatable bonds is 3. The maximum absolute atomic E-state index is 12.6. The van der Waals surface area contributed by atoms with Crippen molar-refractivity contribution in [2.75, 3.05) is 10.7 Å². The number of fused-ring (bicyclic) bond motifs is 3. The summed E-state index contributed by atoms with van der Waals surface area (Å²) in [6.45, 7) is 5.61. The van der Waals surface area contributed by atoms with E-state index < -0.39 is 6.23 Å². The molecule has 3 aromatic rings. The van der Waals surface area contributed by atoms with Crippen molar-refractivity contribution < 1.29 is 9.53 Å². The molecule has 8 heteroatoms. The molecule has 0 saturated carbocycles. The number of thiophene rings is 1. The van der Waals surface area contributed by atoms with Gasteiger partial charge in [-0.3, -0.25) is 9.69 Å². The van der Waals surface area contributed by atoms with Gasteiger partial charge in [-0.25, -0.2) is 0 Å². The number of thioether (sulfide) groups is 1. The summed E-state index contributed by atoms with van der Waals surface area (Å²) in [5.74, 6) is 1.13. The molecule has 0 spiro atoms. The first-order valence-electron chi connectivity index (χ1n) is 8.58. The lowest BCUT2D eigenvalue weighted by atomic mass is 10.1. The molecule has 0 saturated heterocycles. The van der Waals surface area contributed by atoms with Crippen LogP contribution in [0.15, 0.2) is 41.6 Å². The standard InChI is InChI=1S/C19H18N4O2S2/c1-4-26-19-20-17-16(21-22-19)13-7-5-6-8-14(13)23(12(3)24)18(25-17)15-10-9-11(2)27-15/h5-10,18H,4H2,1-3H3. The Hall–Kier alpha value is -2.45. The quantitative estimate of drug-likeness (QED) is 0.607. The number of carbonyl (C=O) groups is 1. The first kappa shape index (κ1) is 17.9. The molecule has 1 unspecified atom stereocenters. The van der Waals surface area contributed by atoms with Crippen molar-refractivity contribution in [2.45, 2.75) is 32.2 Å². The third kappa shape index (κ3) is 3.30. The summed E-state index contributed by atoms with van der Waals surface area (Å²) < 4.78 is 6.29. The van der Waals surface area contributed by atoms with E-state index in [0.717, 1.165) is 26.8 Å². The van der Waals surface area contributed by atoms with E-state index in [2.05, 4.69) is 15.2 Å². The van der Waals surface area contributed by atoms with Gasteiger partial charge in [0.25, 0.3) is 0 Å². The normalized spacial score (nSPS) is 15.5. The molecule has 1 aromatic carbocycles. The average molecular weight is 399 g/mol. The smallest absolute Gasteiger partial charge is 0.247 e. The monoisotopic (exact) mass is 398 g/mol. The molecule has 3 heterocycles. The van der Waals surface area contributed by atoms with Crippen LogP contribution in [0.3, 0.4) is 0 Å². The Morgan fingerprint density at radius 2 is 2.07 bits per heavy atom. The van der Waals surface area contributed by atoms with E-state index in [-0.39, 0.29) is 5.91 Å². The second-order valence-electron chi connectivity index (χ2n) is 6.01. The van der Waals surface area contributed by atoms with E-state index >= 15 is 0 Å². The van der Waals surface area contributed by atoms with Crippen molar-refractivity contribution in [3.05, 3.63) is 46.2 Å². The van der Waals surface area contributed by atoms with Crippen LogP contribution in [0.4, 0.5) is 5.69 Å². The van der Waals surface area contributed by atoms with Crippen LogP contribution >= 0.6 is 23.1 Å². The highest BCUT2D eigenvalue weighted by atomic mass is 32.2. The molecule has 1 aliphatic rings. The van der Waals surface area contributed by atoms with Gasteiger partial charge in [0, 0.05) is 17.4 Å². The van der Waals surface area contributed by atoms with E-state index in [4.69, 9.17) is 4.74 Å². The summed E-state index contributed by atoms with van der Waals surface area (Å²) in [5.41, 5.74) is 2.08. The predicted molar refractivity (Wildman–Crippen MR) is 107 cm³/mol. The van der Waals surface area contributed by atoms with Crippen LogP contribution in [0.5, 0.6) is 5.88 Å². The number of nitrogens with zero attached hydrogens (tertiary/aromatic N) is 4. The van der Waals surface area contributed by atoms with Gasteiger partial charge in [0.15, 0.2) is 5.69 Å². The van der Waals surface area contributed by atoms with Gasteiger partial charge >= 0.3 is 0 Å². The van der Waals surface area contributed by atoms with Crippen molar-refractivity contribution in [2.24, 2.45) is 0 Å². The summed E-state index contributed by atoms with van der Waals surface area (Å²) in [4.78, 5) is 20.9. The molecule has 6 nitrogen and oxygen atoms in total. The highest BCUT2D eigenvalue weighted by Crippen LogP contribution is 2.44.